The monoisotopic (exact) mass is 448 g/mol. The van der Waals surface area contributed by atoms with Crippen molar-refractivity contribution in [3.63, 3.8) is 0 Å². The number of carbonyl (C=O) groups excluding carboxylic acids is 3. The summed E-state index contributed by atoms with van der Waals surface area (Å²) in [7, 11) is 0. The number of nitro groups is 1. The third-order valence-corrected chi connectivity index (χ3v) is 4.94. The fraction of sp³-hybridized carbons (Fsp3) is 0.222. The molecule has 0 unspecified atom stereocenters. The zero-order chi connectivity index (χ0) is 22.4. The van der Waals surface area contributed by atoms with Crippen molar-refractivity contribution in [1.82, 2.24) is 15.2 Å². The maximum atomic E-state index is 12.0. The van der Waals surface area contributed by atoms with Gasteiger partial charge in [0.1, 0.15) is 6.54 Å². The molecule has 0 atom stereocenters. The molecule has 3 rings (SSSR count). The summed E-state index contributed by atoms with van der Waals surface area (Å²) in [5.74, 6) is -2.69. The summed E-state index contributed by atoms with van der Waals surface area (Å²) in [6.45, 7) is -0.981. The number of nitrogens with zero attached hydrogens (tertiary/aromatic N) is 2. The van der Waals surface area contributed by atoms with E-state index < -0.39 is 41.7 Å². The molecule has 0 radical (unpaired) electrons. The van der Waals surface area contributed by atoms with E-state index in [0.29, 0.717) is 13.0 Å². The highest BCUT2D eigenvalue weighted by molar-refractivity contribution is 7.09. The van der Waals surface area contributed by atoms with Gasteiger partial charge in [0.2, 0.25) is 0 Å². The van der Waals surface area contributed by atoms with Gasteiger partial charge >= 0.3 is 17.8 Å². The van der Waals surface area contributed by atoms with Crippen LogP contribution in [0, 0.1) is 10.1 Å². The Labute approximate surface area is 177 Å². The van der Waals surface area contributed by atoms with Crippen molar-refractivity contribution >= 4 is 46.0 Å². The van der Waals surface area contributed by atoms with Crippen LogP contribution in [0.5, 0.6) is 0 Å². The summed E-state index contributed by atoms with van der Waals surface area (Å²) >= 11 is 1.55. The zero-order valence-corrected chi connectivity index (χ0v) is 16.7. The van der Waals surface area contributed by atoms with Crippen LogP contribution in [0.15, 0.2) is 44.9 Å². The van der Waals surface area contributed by atoms with Crippen LogP contribution in [0.1, 0.15) is 4.88 Å². The number of thiophene rings is 1. The number of fused-ring (bicyclic) bond motifs is 1. The lowest BCUT2D eigenvalue weighted by atomic mass is 10.3. The van der Waals surface area contributed by atoms with E-state index in [4.69, 9.17) is 9.15 Å². The van der Waals surface area contributed by atoms with E-state index in [1.54, 1.807) is 11.3 Å². The van der Waals surface area contributed by atoms with E-state index >= 15 is 0 Å². The third kappa shape index (κ3) is 5.76. The first-order valence-electron chi connectivity index (χ1n) is 8.87. The number of imide groups is 1. The summed E-state index contributed by atoms with van der Waals surface area (Å²) in [5.41, 5.74) is -0.188. The molecule has 0 fully saturated rings. The van der Waals surface area contributed by atoms with Gasteiger partial charge in [0.05, 0.1) is 16.5 Å². The molecule has 2 heterocycles. The van der Waals surface area contributed by atoms with Crippen molar-refractivity contribution in [2.24, 2.45) is 0 Å². The van der Waals surface area contributed by atoms with Gasteiger partial charge in [-0.2, -0.15) is 0 Å². The Hall–Kier alpha value is -4.00. The molecular weight excluding hydrogens is 432 g/mol. The number of aromatic nitrogens is 1. The first kappa shape index (κ1) is 21.7. The fourth-order valence-corrected chi connectivity index (χ4v) is 3.31. The Morgan fingerprint density at radius 3 is 2.77 bits per heavy atom. The molecular formula is C18H16N4O8S. The quantitative estimate of drug-likeness (QED) is 0.295. The van der Waals surface area contributed by atoms with E-state index in [1.165, 1.54) is 6.07 Å². The molecule has 0 aliphatic carbocycles. The van der Waals surface area contributed by atoms with Crippen LogP contribution in [0.3, 0.4) is 0 Å². The van der Waals surface area contributed by atoms with Gasteiger partial charge in [-0.05, 0) is 23.9 Å². The van der Waals surface area contributed by atoms with E-state index in [0.717, 1.165) is 21.6 Å². The highest BCUT2D eigenvalue weighted by atomic mass is 32.1. The highest BCUT2D eigenvalue weighted by Gasteiger charge is 2.18. The molecule has 3 amide bonds. The fourth-order valence-electron chi connectivity index (χ4n) is 2.60. The first-order chi connectivity index (χ1) is 14.8. The number of nitrogens with one attached hydrogen (secondary N) is 2. The zero-order valence-electron chi connectivity index (χ0n) is 15.9. The number of esters is 1. The highest BCUT2D eigenvalue weighted by Crippen LogP contribution is 2.20. The van der Waals surface area contributed by atoms with Gasteiger partial charge in [0.25, 0.3) is 11.6 Å². The summed E-state index contributed by atoms with van der Waals surface area (Å²) in [6.07, 6.45) is 0.616. The van der Waals surface area contributed by atoms with Crippen molar-refractivity contribution in [1.29, 1.82) is 0 Å². The Kier molecular flexibility index (Phi) is 6.77. The van der Waals surface area contributed by atoms with E-state index in [1.807, 2.05) is 22.8 Å². The summed E-state index contributed by atoms with van der Waals surface area (Å²) in [5, 5.41) is 17.2. The number of oxazole rings is 1. The van der Waals surface area contributed by atoms with E-state index in [9.17, 15) is 29.3 Å². The van der Waals surface area contributed by atoms with Crippen LogP contribution in [-0.2, 0) is 27.3 Å². The molecule has 13 heteroatoms. The molecule has 162 valence electrons. The largest absolute Gasteiger partial charge is 0.454 e. The number of ether oxygens (including phenoxy) is 1. The lowest BCUT2D eigenvalue weighted by Gasteiger charge is -2.07. The van der Waals surface area contributed by atoms with Crippen LogP contribution in [0.2, 0.25) is 0 Å². The molecule has 2 aromatic heterocycles. The average Bonchev–Trinajstić information content (AvgIpc) is 3.34. The van der Waals surface area contributed by atoms with Gasteiger partial charge in [0, 0.05) is 17.5 Å². The Morgan fingerprint density at radius 1 is 1.26 bits per heavy atom. The smallest absolute Gasteiger partial charge is 0.420 e. The number of rotatable bonds is 8. The average molecular weight is 448 g/mol. The summed E-state index contributed by atoms with van der Waals surface area (Å²) < 4.78 is 10.6. The number of nitro benzene ring substituents is 1. The molecule has 1 aromatic carbocycles. The van der Waals surface area contributed by atoms with Crippen molar-refractivity contribution in [2.45, 2.75) is 13.0 Å². The molecule has 0 aliphatic rings. The first-order valence-corrected chi connectivity index (χ1v) is 9.75. The number of benzene rings is 1. The second-order valence-corrected chi connectivity index (χ2v) is 7.19. The molecule has 0 bridgehead atoms. The normalized spacial score (nSPS) is 10.6. The van der Waals surface area contributed by atoms with Crippen molar-refractivity contribution in [2.75, 3.05) is 13.2 Å². The van der Waals surface area contributed by atoms with Gasteiger partial charge in [-0.15, -0.1) is 11.3 Å². The molecule has 0 spiro atoms. The predicted molar refractivity (Wildman–Crippen MR) is 108 cm³/mol. The minimum atomic E-state index is -0.934. The molecule has 0 saturated heterocycles. The molecule has 31 heavy (non-hydrogen) atoms. The number of hydrogen-bond acceptors (Lipinski definition) is 9. The molecule has 0 aliphatic heterocycles. The summed E-state index contributed by atoms with van der Waals surface area (Å²) in [4.78, 5) is 58.5. The number of hydrogen-bond donors (Lipinski definition) is 2. The Balaban J connectivity index is 1.47. The van der Waals surface area contributed by atoms with Crippen molar-refractivity contribution in [3.05, 3.63) is 61.3 Å². The van der Waals surface area contributed by atoms with Crippen molar-refractivity contribution < 1.29 is 28.5 Å². The van der Waals surface area contributed by atoms with Crippen LogP contribution >= 0.6 is 11.3 Å². The van der Waals surface area contributed by atoms with Crippen LogP contribution in [-0.4, -0.2) is 40.5 Å². The maximum absolute atomic E-state index is 12.0. The maximum Gasteiger partial charge on any atom is 0.420 e. The minimum Gasteiger partial charge on any atom is -0.454 e. The van der Waals surface area contributed by atoms with Gasteiger partial charge in [0.15, 0.2) is 12.2 Å². The van der Waals surface area contributed by atoms with Gasteiger partial charge in [-0.3, -0.25) is 29.6 Å². The van der Waals surface area contributed by atoms with Crippen molar-refractivity contribution in [3.8, 4) is 0 Å². The second kappa shape index (κ2) is 9.67. The lowest BCUT2D eigenvalue weighted by Crippen LogP contribution is -2.42. The topological polar surface area (TPSA) is 163 Å². The van der Waals surface area contributed by atoms with E-state index in [-0.39, 0.29) is 16.8 Å². The number of urea groups is 1. The number of non-ortho nitro benzene ring substituents is 1. The minimum absolute atomic E-state index is 0.0658. The molecule has 2 N–H and O–H groups in total. The third-order valence-electron chi connectivity index (χ3n) is 4.00. The summed E-state index contributed by atoms with van der Waals surface area (Å²) in [6, 6.07) is 6.56. The van der Waals surface area contributed by atoms with Gasteiger partial charge in [-0.1, -0.05) is 6.07 Å². The number of carbonyl (C=O) groups is 3. The second-order valence-electron chi connectivity index (χ2n) is 6.16. The molecule has 3 aromatic rings. The van der Waals surface area contributed by atoms with Crippen LogP contribution in [0.25, 0.3) is 11.1 Å². The predicted octanol–water partition coefficient (Wildman–Crippen LogP) is 1.18. The van der Waals surface area contributed by atoms with Gasteiger partial charge in [-0.25, -0.2) is 9.59 Å². The van der Waals surface area contributed by atoms with E-state index in [2.05, 4.69) is 5.32 Å². The van der Waals surface area contributed by atoms with Crippen LogP contribution < -0.4 is 16.4 Å². The molecule has 0 saturated carbocycles. The van der Waals surface area contributed by atoms with Crippen LogP contribution in [0.4, 0.5) is 10.5 Å². The van der Waals surface area contributed by atoms with Gasteiger partial charge < -0.3 is 14.5 Å². The Morgan fingerprint density at radius 2 is 2.06 bits per heavy atom. The number of amides is 3. The standard InChI is InChI=1S/C18H16N4O8S/c23-15(20-17(25)19-6-5-12-2-1-7-31-12)10-29-16(24)9-21-13-4-3-11(22(27)28)8-14(13)30-18(21)26/h1-4,7-8H,5-6,9-10H2,(H2,19,20,23,25). The Bertz CT molecular complexity index is 1180. The SMILES string of the molecule is O=C(COC(=O)Cn1c(=O)oc2cc([N+](=O)[O-])ccc21)NC(=O)NCCc1cccs1. The lowest BCUT2D eigenvalue weighted by molar-refractivity contribution is -0.384. The molecule has 12 nitrogen and oxygen atoms in total.